The molecule has 4 aromatic rings. The summed E-state index contributed by atoms with van der Waals surface area (Å²) < 4.78 is 2.91. The van der Waals surface area contributed by atoms with Crippen LogP contribution >= 0.6 is 0 Å². The minimum atomic E-state index is -0.197. The van der Waals surface area contributed by atoms with Gasteiger partial charge in [-0.15, -0.1) is 5.10 Å². The molecular weight excluding hydrogens is 380 g/mol. The van der Waals surface area contributed by atoms with Gasteiger partial charge in [0.1, 0.15) is 0 Å². The normalized spacial score (nSPS) is 13.5. The summed E-state index contributed by atoms with van der Waals surface area (Å²) in [6.45, 7) is 3.40. The molecule has 8 nitrogen and oxygen atoms in total. The van der Waals surface area contributed by atoms with Crippen molar-refractivity contribution < 1.29 is 0 Å². The standard InChI is InChI=1S/C22H20N6O2/c1-14-9-19-23-7-5-21(30)28(19)25-22(14)27-8-6-18-17(13-27)10-16(11-24-18)15-3-4-20(29)26(2)12-15/h3-5,7,9-12H,6,8,13H2,1-2H3. The monoisotopic (exact) mass is 400 g/mol. The number of pyridine rings is 2. The number of rotatable bonds is 2. The predicted molar refractivity (Wildman–Crippen MR) is 114 cm³/mol. The number of aromatic nitrogens is 5. The van der Waals surface area contributed by atoms with Crippen molar-refractivity contribution in [2.45, 2.75) is 19.9 Å². The lowest BCUT2D eigenvalue weighted by atomic mass is 10.0. The minimum absolute atomic E-state index is 0.0431. The highest BCUT2D eigenvalue weighted by Gasteiger charge is 2.21. The zero-order valence-corrected chi connectivity index (χ0v) is 16.7. The van der Waals surface area contributed by atoms with Crippen LogP contribution in [-0.2, 0) is 20.0 Å². The van der Waals surface area contributed by atoms with E-state index in [0.29, 0.717) is 12.2 Å². The van der Waals surface area contributed by atoms with Crippen molar-refractivity contribution in [2.75, 3.05) is 11.4 Å². The van der Waals surface area contributed by atoms with Gasteiger partial charge in [-0.25, -0.2) is 4.98 Å². The third-order valence-electron chi connectivity index (χ3n) is 5.50. The Kier molecular flexibility index (Phi) is 4.20. The molecule has 0 spiro atoms. The zero-order chi connectivity index (χ0) is 20.8. The van der Waals surface area contributed by atoms with Gasteiger partial charge in [-0.05, 0) is 41.8 Å². The maximum atomic E-state index is 12.2. The molecule has 0 aliphatic carbocycles. The average Bonchev–Trinajstić information content (AvgIpc) is 2.75. The van der Waals surface area contributed by atoms with Crippen molar-refractivity contribution in [3.8, 4) is 11.1 Å². The molecule has 5 rings (SSSR count). The first kappa shape index (κ1) is 18.2. The van der Waals surface area contributed by atoms with Gasteiger partial charge in [-0.1, -0.05) is 0 Å². The largest absolute Gasteiger partial charge is 0.350 e. The van der Waals surface area contributed by atoms with Gasteiger partial charge in [0.05, 0.1) is 0 Å². The van der Waals surface area contributed by atoms with Gasteiger partial charge < -0.3 is 9.47 Å². The fraction of sp³-hybridized carbons (Fsp3) is 0.227. The number of aryl methyl sites for hydroxylation is 2. The van der Waals surface area contributed by atoms with Crippen LogP contribution in [0.2, 0.25) is 0 Å². The van der Waals surface area contributed by atoms with Gasteiger partial charge >= 0.3 is 0 Å². The Bertz CT molecular complexity index is 1410. The quantitative estimate of drug-likeness (QED) is 0.509. The van der Waals surface area contributed by atoms with Gasteiger partial charge in [-0.3, -0.25) is 14.6 Å². The molecule has 30 heavy (non-hydrogen) atoms. The number of hydrogen-bond acceptors (Lipinski definition) is 6. The molecule has 0 amide bonds. The Hall–Kier alpha value is -3.81. The van der Waals surface area contributed by atoms with E-state index in [1.165, 1.54) is 16.8 Å². The number of nitrogens with zero attached hydrogens (tertiary/aromatic N) is 6. The first-order chi connectivity index (χ1) is 14.5. The lowest BCUT2D eigenvalue weighted by molar-refractivity contribution is 0.685. The Morgan fingerprint density at radius 1 is 1.00 bits per heavy atom. The van der Waals surface area contributed by atoms with Crippen molar-refractivity contribution in [1.82, 2.24) is 24.1 Å². The summed E-state index contributed by atoms with van der Waals surface area (Å²) in [5, 5.41) is 4.58. The van der Waals surface area contributed by atoms with Crippen molar-refractivity contribution in [3.05, 3.63) is 86.5 Å². The molecule has 0 saturated heterocycles. The zero-order valence-electron chi connectivity index (χ0n) is 16.7. The van der Waals surface area contributed by atoms with Crippen LogP contribution in [0.15, 0.2) is 58.5 Å². The molecule has 150 valence electrons. The second kappa shape index (κ2) is 6.91. The Morgan fingerprint density at radius 2 is 1.87 bits per heavy atom. The summed E-state index contributed by atoms with van der Waals surface area (Å²) >= 11 is 0. The summed E-state index contributed by atoms with van der Waals surface area (Å²) in [4.78, 5) is 34.9. The molecule has 5 heterocycles. The highest BCUT2D eigenvalue weighted by Crippen LogP contribution is 2.27. The molecule has 0 radical (unpaired) electrons. The maximum absolute atomic E-state index is 12.2. The minimum Gasteiger partial charge on any atom is -0.350 e. The topological polar surface area (TPSA) is 85.4 Å². The summed E-state index contributed by atoms with van der Waals surface area (Å²) in [5.74, 6) is 0.774. The number of fused-ring (bicyclic) bond motifs is 2. The highest BCUT2D eigenvalue weighted by atomic mass is 16.1. The van der Waals surface area contributed by atoms with E-state index < -0.39 is 0 Å². The molecule has 0 N–H and O–H groups in total. The molecule has 0 aromatic carbocycles. The molecule has 0 unspecified atom stereocenters. The van der Waals surface area contributed by atoms with Crippen LogP contribution in [0.5, 0.6) is 0 Å². The number of anilines is 1. The maximum Gasteiger partial charge on any atom is 0.274 e. The highest BCUT2D eigenvalue weighted by molar-refractivity contribution is 5.63. The van der Waals surface area contributed by atoms with Crippen LogP contribution in [0.4, 0.5) is 5.82 Å². The molecule has 8 heteroatoms. The summed E-state index contributed by atoms with van der Waals surface area (Å²) in [7, 11) is 1.74. The van der Waals surface area contributed by atoms with Crippen LogP contribution in [0, 0.1) is 6.92 Å². The van der Waals surface area contributed by atoms with Gasteiger partial charge in [0.15, 0.2) is 11.5 Å². The van der Waals surface area contributed by atoms with E-state index in [-0.39, 0.29) is 11.1 Å². The Morgan fingerprint density at radius 3 is 2.70 bits per heavy atom. The van der Waals surface area contributed by atoms with Crippen LogP contribution in [0.3, 0.4) is 0 Å². The Labute approximate surface area is 172 Å². The van der Waals surface area contributed by atoms with E-state index in [9.17, 15) is 9.59 Å². The smallest absolute Gasteiger partial charge is 0.274 e. The summed E-state index contributed by atoms with van der Waals surface area (Å²) in [6.07, 6.45) is 5.98. The molecule has 0 atom stereocenters. The first-order valence-corrected chi connectivity index (χ1v) is 9.75. The van der Waals surface area contributed by atoms with Crippen LogP contribution in [-0.4, -0.2) is 30.7 Å². The van der Waals surface area contributed by atoms with E-state index >= 15 is 0 Å². The van der Waals surface area contributed by atoms with Crippen LogP contribution in [0.1, 0.15) is 16.8 Å². The van der Waals surface area contributed by atoms with Gasteiger partial charge in [-0.2, -0.15) is 4.52 Å². The van der Waals surface area contributed by atoms with E-state index in [1.54, 1.807) is 17.7 Å². The van der Waals surface area contributed by atoms with Gasteiger partial charge in [0, 0.05) is 68.5 Å². The van der Waals surface area contributed by atoms with Crippen molar-refractivity contribution in [3.63, 3.8) is 0 Å². The first-order valence-electron chi connectivity index (χ1n) is 9.75. The third-order valence-corrected chi connectivity index (χ3v) is 5.50. The molecule has 1 aliphatic rings. The van der Waals surface area contributed by atoms with E-state index in [0.717, 1.165) is 46.7 Å². The Balaban J connectivity index is 1.53. The second-order valence-corrected chi connectivity index (χ2v) is 7.57. The van der Waals surface area contributed by atoms with Crippen molar-refractivity contribution >= 4 is 11.5 Å². The molecule has 0 saturated carbocycles. The van der Waals surface area contributed by atoms with E-state index in [1.807, 2.05) is 31.5 Å². The lowest BCUT2D eigenvalue weighted by Gasteiger charge is -2.30. The summed E-state index contributed by atoms with van der Waals surface area (Å²) in [5.41, 5.74) is 5.37. The predicted octanol–water partition coefficient (Wildman–Crippen LogP) is 1.72. The third kappa shape index (κ3) is 3.06. The van der Waals surface area contributed by atoms with E-state index in [2.05, 4.69) is 26.0 Å². The fourth-order valence-corrected chi connectivity index (χ4v) is 3.89. The molecule has 4 aromatic heterocycles. The lowest BCUT2D eigenvalue weighted by Crippen LogP contribution is -2.33. The molecule has 1 aliphatic heterocycles. The van der Waals surface area contributed by atoms with Gasteiger partial charge in [0.2, 0.25) is 5.56 Å². The summed E-state index contributed by atoms with van der Waals surface area (Å²) in [6, 6.07) is 8.81. The van der Waals surface area contributed by atoms with Crippen molar-refractivity contribution in [1.29, 1.82) is 0 Å². The average molecular weight is 400 g/mol. The van der Waals surface area contributed by atoms with Crippen LogP contribution in [0.25, 0.3) is 16.8 Å². The molecule has 0 fully saturated rings. The SMILES string of the molecule is Cc1cc2nccc(=O)n2nc1N1CCc2ncc(-c3ccc(=O)n(C)c3)cc2C1. The van der Waals surface area contributed by atoms with Crippen LogP contribution < -0.4 is 16.0 Å². The second-order valence-electron chi connectivity index (χ2n) is 7.57. The van der Waals surface area contributed by atoms with Gasteiger partial charge in [0.25, 0.3) is 5.56 Å². The van der Waals surface area contributed by atoms with Crippen molar-refractivity contribution in [2.24, 2.45) is 7.05 Å². The van der Waals surface area contributed by atoms with E-state index in [4.69, 9.17) is 0 Å². The fourth-order valence-electron chi connectivity index (χ4n) is 3.89. The number of hydrogen-bond donors (Lipinski definition) is 0. The molecule has 0 bridgehead atoms. The molecular formula is C22H20N6O2.